The van der Waals surface area contributed by atoms with Crippen LogP contribution in [0.15, 0.2) is 53.6 Å². The monoisotopic (exact) mass is 498 g/mol. The fourth-order valence-electron chi connectivity index (χ4n) is 8.21. The Balaban J connectivity index is 1.17. The summed E-state index contributed by atoms with van der Waals surface area (Å²) in [4.78, 5) is 33.8. The molecule has 1 aliphatic heterocycles. The third-order valence-electron chi connectivity index (χ3n) is 9.26. The molecule has 3 aromatic rings. The van der Waals surface area contributed by atoms with Crippen LogP contribution >= 0.6 is 0 Å². The molecule has 0 radical (unpaired) electrons. The van der Waals surface area contributed by atoms with Crippen molar-refractivity contribution in [1.29, 1.82) is 0 Å². The molecule has 4 aliphatic carbocycles. The normalized spacial score (nSPS) is 28.5. The molecule has 3 heterocycles. The SMILES string of the molecule is O=C(CC12CC3CC(CC(C3)C1)C2)Nc1cccc2c(=O)n(-c3cccnc3N3CCOCC3)ccc12. The standard InChI is InChI=1S/C30H34N4O3/c35-27(19-30-16-20-13-21(17-30)15-22(14-20)18-30)32-25-4-1-3-24-23(25)6-8-34(29(24)36)26-5-2-7-31-28(26)33-9-11-37-12-10-33/h1-8,20-22H,9-19H2,(H,32,35). The molecule has 0 unspecified atom stereocenters. The van der Waals surface area contributed by atoms with Crippen molar-refractivity contribution in [2.75, 3.05) is 36.5 Å². The van der Waals surface area contributed by atoms with Gasteiger partial charge in [-0.25, -0.2) is 4.98 Å². The Hall–Kier alpha value is -3.19. The van der Waals surface area contributed by atoms with Gasteiger partial charge in [-0.15, -0.1) is 0 Å². The van der Waals surface area contributed by atoms with Gasteiger partial charge in [-0.1, -0.05) is 6.07 Å². The van der Waals surface area contributed by atoms with Gasteiger partial charge in [0.2, 0.25) is 5.91 Å². The average Bonchev–Trinajstić information content (AvgIpc) is 2.89. The van der Waals surface area contributed by atoms with Crippen molar-refractivity contribution in [3.63, 3.8) is 0 Å². The largest absolute Gasteiger partial charge is 0.378 e. The number of fused-ring (bicyclic) bond motifs is 1. The summed E-state index contributed by atoms with van der Waals surface area (Å²) in [5, 5.41) is 4.55. The van der Waals surface area contributed by atoms with Gasteiger partial charge < -0.3 is 15.0 Å². The molecule has 5 fully saturated rings. The van der Waals surface area contributed by atoms with Crippen LogP contribution in [0, 0.1) is 23.2 Å². The Morgan fingerprint density at radius 3 is 2.43 bits per heavy atom. The summed E-state index contributed by atoms with van der Waals surface area (Å²) in [6.45, 7) is 2.78. The molecular weight excluding hydrogens is 464 g/mol. The average molecular weight is 499 g/mol. The maximum Gasteiger partial charge on any atom is 0.263 e. The van der Waals surface area contributed by atoms with Crippen molar-refractivity contribution in [3.05, 3.63) is 59.1 Å². The number of hydrogen-bond acceptors (Lipinski definition) is 5. The van der Waals surface area contributed by atoms with E-state index in [0.29, 0.717) is 25.0 Å². The van der Waals surface area contributed by atoms with Gasteiger partial charge in [0.25, 0.3) is 5.56 Å². The van der Waals surface area contributed by atoms with E-state index in [1.165, 1.54) is 38.5 Å². The predicted octanol–water partition coefficient (Wildman–Crippen LogP) is 4.77. The van der Waals surface area contributed by atoms with Crippen molar-refractivity contribution in [1.82, 2.24) is 9.55 Å². The molecule has 1 saturated heterocycles. The van der Waals surface area contributed by atoms with E-state index in [9.17, 15) is 9.59 Å². The highest BCUT2D eigenvalue weighted by Gasteiger charge is 2.51. The Kier molecular flexibility index (Phi) is 5.57. The molecule has 0 spiro atoms. The minimum Gasteiger partial charge on any atom is -0.378 e. The highest BCUT2D eigenvalue weighted by Crippen LogP contribution is 2.61. The summed E-state index contributed by atoms with van der Waals surface area (Å²) in [5.41, 5.74) is 1.55. The first-order valence-electron chi connectivity index (χ1n) is 13.8. The molecule has 37 heavy (non-hydrogen) atoms. The van der Waals surface area contributed by atoms with Crippen molar-refractivity contribution in [2.24, 2.45) is 23.2 Å². The molecule has 4 bridgehead atoms. The van der Waals surface area contributed by atoms with E-state index in [0.717, 1.165) is 53.4 Å². The Morgan fingerprint density at radius 1 is 0.973 bits per heavy atom. The van der Waals surface area contributed by atoms with Crippen LogP contribution in [0.25, 0.3) is 16.5 Å². The van der Waals surface area contributed by atoms with Gasteiger partial charge in [-0.05, 0) is 92.0 Å². The fraction of sp³-hybridized carbons (Fsp3) is 0.500. The number of carbonyl (C=O) groups is 1. The number of carbonyl (C=O) groups excluding carboxylic acids is 1. The lowest BCUT2D eigenvalue weighted by molar-refractivity contribution is -0.124. The summed E-state index contributed by atoms with van der Waals surface area (Å²) >= 11 is 0. The predicted molar refractivity (Wildman–Crippen MR) is 144 cm³/mol. The summed E-state index contributed by atoms with van der Waals surface area (Å²) < 4.78 is 7.17. The quantitative estimate of drug-likeness (QED) is 0.549. The number of rotatable bonds is 5. The minimum atomic E-state index is -0.114. The highest BCUT2D eigenvalue weighted by atomic mass is 16.5. The fourth-order valence-corrected chi connectivity index (χ4v) is 8.21. The number of morpholine rings is 1. The molecule has 192 valence electrons. The van der Waals surface area contributed by atoms with Crippen LogP contribution in [0.1, 0.15) is 44.9 Å². The molecule has 1 amide bonds. The van der Waals surface area contributed by atoms with Gasteiger partial charge in [-0.2, -0.15) is 0 Å². The van der Waals surface area contributed by atoms with Gasteiger partial charge in [0, 0.05) is 48.4 Å². The molecule has 8 rings (SSSR count). The first-order chi connectivity index (χ1) is 18.1. The lowest BCUT2D eigenvalue weighted by atomic mass is 9.49. The van der Waals surface area contributed by atoms with Crippen LogP contribution in [-0.4, -0.2) is 41.8 Å². The summed E-state index contributed by atoms with van der Waals surface area (Å²) in [5.74, 6) is 3.34. The van der Waals surface area contributed by atoms with E-state index in [-0.39, 0.29) is 16.9 Å². The lowest BCUT2D eigenvalue weighted by Gasteiger charge is -2.56. The van der Waals surface area contributed by atoms with E-state index in [1.807, 2.05) is 36.4 Å². The second-order valence-electron chi connectivity index (χ2n) is 11.8. The van der Waals surface area contributed by atoms with Gasteiger partial charge in [0.1, 0.15) is 0 Å². The van der Waals surface area contributed by atoms with E-state index in [4.69, 9.17) is 4.74 Å². The van der Waals surface area contributed by atoms with E-state index in [2.05, 4.69) is 15.2 Å². The topological polar surface area (TPSA) is 76.5 Å². The lowest BCUT2D eigenvalue weighted by Crippen LogP contribution is -2.47. The number of benzene rings is 1. The van der Waals surface area contributed by atoms with Gasteiger partial charge in [-0.3, -0.25) is 14.2 Å². The summed E-state index contributed by atoms with van der Waals surface area (Å²) in [6.07, 6.45) is 11.9. The molecule has 1 N–H and O–H groups in total. The Labute approximate surface area is 216 Å². The van der Waals surface area contributed by atoms with Crippen LogP contribution < -0.4 is 15.8 Å². The zero-order valence-electron chi connectivity index (χ0n) is 21.2. The third kappa shape index (κ3) is 4.13. The van der Waals surface area contributed by atoms with E-state index in [1.54, 1.807) is 17.0 Å². The van der Waals surface area contributed by atoms with Crippen molar-refractivity contribution < 1.29 is 9.53 Å². The molecule has 4 saturated carbocycles. The molecule has 5 aliphatic rings. The first kappa shape index (κ1) is 23.0. The maximum absolute atomic E-state index is 13.7. The van der Waals surface area contributed by atoms with Crippen molar-refractivity contribution in [3.8, 4) is 5.69 Å². The number of pyridine rings is 2. The van der Waals surface area contributed by atoms with Gasteiger partial charge >= 0.3 is 0 Å². The second kappa shape index (κ2) is 8.98. The van der Waals surface area contributed by atoms with E-state index >= 15 is 0 Å². The zero-order valence-corrected chi connectivity index (χ0v) is 21.2. The summed E-state index contributed by atoms with van der Waals surface area (Å²) in [6, 6.07) is 11.3. The Morgan fingerprint density at radius 2 is 1.70 bits per heavy atom. The third-order valence-corrected chi connectivity index (χ3v) is 9.26. The van der Waals surface area contributed by atoms with Crippen LogP contribution in [0.3, 0.4) is 0 Å². The highest BCUT2D eigenvalue weighted by molar-refractivity contribution is 6.02. The van der Waals surface area contributed by atoms with Crippen LogP contribution in [-0.2, 0) is 9.53 Å². The molecule has 1 aromatic carbocycles. The second-order valence-corrected chi connectivity index (χ2v) is 11.8. The van der Waals surface area contributed by atoms with Crippen LogP contribution in [0.2, 0.25) is 0 Å². The number of nitrogens with zero attached hydrogens (tertiary/aromatic N) is 3. The number of hydrogen-bond donors (Lipinski definition) is 1. The van der Waals surface area contributed by atoms with E-state index < -0.39 is 0 Å². The molecular formula is C30H34N4O3. The number of ether oxygens (including phenoxy) is 1. The molecule has 7 heteroatoms. The minimum absolute atomic E-state index is 0.0838. The number of nitrogens with one attached hydrogen (secondary N) is 1. The zero-order chi connectivity index (χ0) is 25.0. The van der Waals surface area contributed by atoms with Crippen LogP contribution in [0.4, 0.5) is 11.5 Å². The number of amides is 1. The molecule has 7 nitrogen and oxygen atoms in total. The molecule has 2 aromatic heterocycles. The van der Waals surface area contributed by atoms with Crippen molar-refractivity contribution in [2.45, 2.75) is 44.9 Å². The van der Waals surface area contributed by atoms with Gasteiger partial charge in [0.15, 0.2) is 5.82 Å². The summed E-state index contributed by atoms with van der Waals surface area (Å²) in [7, 11) is 0. The number of anilines is 2. The molecule has 0 atom stereocenters. The smallest absolute Gasteiger partial charge is 0.263 e. The maximum atomic E-state index is 13.7. The van der Waals surface area contributed by atoms with Crippen molar-refractivity contribution >= 4 is 28.2 Å². The van der Waals surface area contributed by atoms with Gasteiger partial charge in [0.05, 0.1) is 18.9 Å². The van der Waals surface area contributed by atoms with Crippen LogP contribution in [0.5, 0.6) is 0 Å². The first-order valence-corrected chi connectivity index (χ1v) is 13.8. The Bertz CT molecular complexity index is 1370. The number of aromatic nitrogens is 2.